The van der Waals surface area contributed by atoms with E-state index in [1.54, 1.807) is 24.3 Å². The molecule has 4 N–H and O–H groups in total. The lowest BCUT2D eigenvalue weighted by atomic mass is 10.3. The second kappa shape index (κ2) is 4.12. The number of carbonyl (C=O) groups is 1. The van der Waals surface area contributed by atoms with Gasteiger partial charge >= 0.3 is 5.97 Å². The number of benzene rings is 1. The van der Waals surface area contributed by atoms with Crippen molar-refractivity contribution in [1.29, 1.82) is 0 Å². The first-order valence-corrected chi connectivity index (χ1v) is 4.79. The summed E-state index contributed by atoms with van der Waals surface area (Å²) in [6, 6.07) is 6.85. The van der Waals surface area contributed by atoms with Gasteiger partial charge in [-0.1, -0.05) is 5.21 Å². The van der Waals surface area contributed by atoms with E-state index >= 15 is 0 Å². The first kappa shape index (κ1) is 10.9. The van der Waals surface area contributed by atoms with E-state index in [1.165, 1.54) is 11.8 Å². The van der Waals surface area contributed by atoms with Crippen LogP contribution in [0.5, 0.6) is 0 Å². The van der Waals surface area contributed by atoms with E-state index < -0.39 is 5.97 Å². The average Bonchev–Trinajstić information content (AvgIpc) is 2.71. The molecule has 7 nitrogen and oxygen atoms in total. The number of ether oxygens (including phenoxy) is 1. The van der Waals surface area contributed by atoms with Crippen molar-refractivity contribution in [2.45, 2.75) is 0 Å². The molecule has 7 heteroatoms. The molecule has 0 atom stereocenters. The molecule has 0 bridgehead atoms. The maximum atomic E-state index is 11.3. The zero-order valence-electron chi connectivity index (χ0n) is 9.12. The highest BCUT2D eigenvalue weighted by Gasteiger charge is 2.18. The monoisotopic (exact) mass is 233 g/mol. The lowest BCUT2D eigenvalue weighted by molar-refractivity contribution is 0.0595. The smallest absolute Gasteiger partial charge is 0.362 e. The minimum atomic E-state index is -0.621. The highest BCUT2D eigenvalue weighted by molar-refractivity contribution is 5.92. The Bertz CT molecular complexity index is 546. The second-order valence-electron chi connectivity index (χ2n) is 3.32. The van der Waals surface area contributed by atoms with Crippen LogP contribution in [0.3, 0.4) is 0 Å². The summed E-state index contributed by atoms with van der Waals surface area (Å²) in [4.78, 5) is 11.3. The van der Waals surface area contributed by atoms with Gasteiger partial charge in [-0.05, 0) is 24.3 Å². The Balaban J connectivity index is 2.44. The predicted octanol–water partition coefficient (Wildman–Crippen LogP) is 0.218. The molecule has 0 amide bonds. The van der Waals surface area contributed by atoms with Crippen LogP contribution in [-0.4, -0.2) is 28.1 Å². The normalized spacial score (nSPS) is 10.2. The van der Waals surface area contributed by atoms with Crippen molar-refractivity contribution >= 4 is 17.5 Å². The number of aromatic nitrogens is 3. The van der Waals surface area contributed by atoms with E-state index in [-0.39, 0.29) is 11.5 Å². The molecule has 1 heterocycles. The summed E-state index contributed by atoms with van der Waals surface area (Å²) in [5.41, 5.74) is 12.6. The van der Waals surface area contributed by atoms with Gasteiger partial charge in [0.15, 0.2) is 5.82 Å². The maximum absolute atomic E-state index is 11.3. The molecule has 0 spiro atoms. The molecule has 0 aliphatic rings. The number of anilines is 2. The molecule has 2 aromatic rings. The van der Waals surface area contributed by atoms with Crippen LogP contribution in [0.1, 0.15) is 10.5 Å². The fraction of sp³-hybridized carbons (Fsp3) is 0.100. The Labute approximate surface area is 97.0 Å². The number of nitrogens with zero attached hydrogens (tertiary/aromatic N) is 3. The van der Waals surface area contributed by atoms with Crippen molar-refractivity contribution in [3.63, 3.8) is 0 Å². The second-order valence-corrected chi connectivity index (χ2v) is 3.32. The number of nitrogens with two attached hydrogens (primary N) is 2. The third-order valence-corrected chi connectivity index (χ3v) is 2.22. The molecule has 0 saturated heterocycles. The molecule has 2 rings (SSSR count). The van der Waals surface area contributed by atoms with Crippen LogP contribution in [0.15, 0.2) is 24.3 Å². The number of methoxy groups -OCH3 is 1. The van der Waals surface area contributed by atoms with Crippen molar-refractivity contribution in [3.8, 4) is 5.69 Å². The van der Waals surface area contributed by atoms with E-state index in [9.17, 15) is 4.79 Å². The highest BCUT2D eigenvalue weighted by atomic mass is 16.5. The molecule has 88 valence electrons. The quantitative estimate of drug-likeness (QED) is 0.567. The van der Waals surface area contributed by atoms with Gasteiger partial charge in [-0.15, -0.1) is 5.10 Å². The molecule has 0 fully saturated rings. The minimum Gasteiger partial charge on any atom is -0.464 e. The average molecular weight is 233 g/mol. The molecular formula is C10H11N5O2. The lowest BCUT2D eigenvalue weighted by Gasteiger charge is -2.03. The van der Waals surface area contributed by atoms with Gasteiger partial charge in [-0.25, -0.2) is 4.79 Å². The van der Waals surface area contributed by atoms with E-state index in [4.69, 9.17) is 11.5 Å². The Morgan fingerprint density at radius 3 is 2.53 bits per heavy atom. The summed E-state index contributed by atoms with van der Waals surface area (Å²) in [5.74, 6) is -0.495. The molecule has 0 saturated carbocycles. The Hall–Kier alpha value is -2.57. The van der Waals surface area contributed by atoms with Gasteiger partial charge in [-0.3, -0.25) is 0 Å². The van der Waals surface area contributed by atoms with Crippen LogP contribution < -0.4 is 11.5 Å². The van der Waals surface area contributed by atoms with Gasteiger partial charge in [0.1, 0.15) is 0 Å². The summed E-state index contributed by atoms with van der Waals surface area (Å²) in [6.45, 7) is 0. The van der Waals surface area contributed by atoms with E-state index in [0.29, 0.717) is 11.4 Å². The number of nitrogen functional groups attached to an aromatic ring is 2. The van der Waals surface area contributed by atoms with Crippen LogP contribution in [0.4, 0.5) is 11.5 Å². The SMILES string of the molecule is COC(=O)c1nnn(-c2ccc(N)cc2)c1N. The Morgan fingerprint density at radius 2 is 1.94 bits per heavy atom. The molecule has 0 radical (unpaired) electrons. The minimum absolute atomic E-state index is 0.00988. The molecule has 0 aliphatic carbocycles. The first-order valence-electron chi connectivity index (χ1n) is 4.79. The van der Waals surface area contributed by atoms with Crippen LogP contribution in [0.2, 0.25) is 0 Å². The van der Waals surface area contributed by atoms with Gasteiger partial charge < -0.3 is 16.2 Å². The van der Waals surface area contributed by atoms with Crippen molar-refractivity contribution < 1.29 is 9.53 Å². The maximum Gasteiger partial charge on any atom is 0.362 e. The largest absolute Gasteiger partial charge is 0.464 e. The fourth-order valence-corrected chi connectivity index (χ4v) is 1.34. The van der Waals surface area contributed by atoms with Crippen molar-refractivity contribution in [3.05, 3.63) is 30.0 Å². The van der Waals surface area contributed by atoms with Crippen LogP contribution >= 0.6 is 0 Å². The Morgan fingerprint density at radius 1 is 1.29 bits per heavy atom. The molecule has 0 unspecified atom stereocenters. The Kier molecular flexibility index (Phi) is 2.65. The predicted molar refractivity (Wildman–Crippen MR) is 61.5 cm³/mol. The zero-order valence-corrected chi connectivity index (χ0v) is 9.12. The van der Waals surface area contributed by atoms with Gasteiger partial charge in [0.05, 0.1) is 12.8 Å². The van der Waals surface area contributed by atoms with Gasteiger partial charge in [-0.2, -0.15) is 4.68 Å². The molecular weight excluding hydrogens is 222 g/mol. The van der Waals surface area contributed by atoms with E-state index in [1.807, 2.05) is 0 Å². The van der Waals surface area contributed by atoms with Crippen molar-refractivity contribution in [2.75, 3.05) is 18.6 Å². The highest BCUT2D eigenvalue weighted by Crippen LogP contribution is 2.16. The lowest BCUT2D eigenvalue weighted by Crippen LogP contribution is -2.07. The number of carbonyl (C=O) groups excluding carboxylic acids is 1. The standard InChI is InChI=1S/C10H11N5O2/c1-17-10(16)8-9(12)15(14-13-8)7-4-2-6(11)3-5-7/h2-5H,11-12H2,1H3. The van der Waals surface area contributed by atoms with Gasteiger partial charge in [0.25, 0.3) is 0 Å². The topological polar surface area (TPSA) is 109 Å². The number of esters is 1. The van der Waals surface area contributed by atoms with Gasteiger partial charge in [0.2, 0.25) is 5.69 Å². The van der Waals surface area contributed by atoms with Crippen LogP contribution in [0.25, 0.3) is 5.69 Å². The number of hydrogen-bond acceptors (Lipinski definition) is 6. The van der Waals surface area contributed by atoms with E-state index in [2.05, 4.69) is 15.0 Å². The fourth-order valence-electron chi connectivity index (χ4n) is 1.34. The summed E-state index contributed by atoms with van der Waals surface area (Å²) in [5, 5.41) is 7.45. The molecule has 1 aromatic heterocycles. The van der Waals surface area contributed by atoms with Crippen molar-refractivity contribution in [2.24, 2.45) is 0 Å². The molecule has 0 aliphatic heterocycles. The molecule has 1 aromatic carbocycles. The summed E-state index contributed by atoms with van der Waals surface area (Å²) in [6.07, 6.45) is 0. The van der Waals surface area contributed by atoms with Crippen molar-refractivity contribution in [1.82, 2.24) is 15.0 Å². The van der Waals surface area contributed by atoms with E-state index in [0.717, 1.165) is 0 Å². The third-order valence-electron chi connectivity index (χ3n) is 2.22. The van der Waals surface area contributed by atoms with Crippen LogP contribution in [0, 0.1) is 0 Å². The number of rotatable bonds is 2. The molecule has 17 heavy (non-hydrogen) atoms. The zero-order chi connectivity index (χ0) is 12.4. The number of hydrogen-bond donors (Lipinski definition) is 2. The van der Waals surface area contributed by atoms with Crippen LogP contribution in [-0.2, 0) is 4.74 Å². The summed E-state index contributed by atoms with van der Waals surface area (Å²) in [7, 11) is 1.25. The van der Waals surface area contributed by atoms with Gasteiger partial charge in [0, 0.05) is 5.69 Å². The third kappa shape index (κ3) is 1.89. The first-order chi connectivity index (χ1) is 8.13. The summed E-state index contributed by atoms with van der Waals surface area (Å²) >= 11 is 0. The summed E-state index contributed by atoms with van der Waals surface area (Å²) < 4.78 is 5.87.